The van der Waals surface area contributed by atoms with Crippen molar-refractivity contribution in [1.29, 1.82) is 0 Å². The van der Waals surface area contributed by atoms with E-state index in [9.17, 15) is 14.0 Å². The lowest BCUT2D eigenvalue weighted by molar-refractivity contribution is -0.141. The molecule has 164 valence electrons. The van der Waals surface area contributed by atoms with E-state index in [1.807, 2.05) is 30.3 Å². The summed E-state index contributed by atoms with van der Waals surface area (Å²) in [4.78, 5) is 28.2. The summed E-state index contributed by atoms with van der Waals surface area (Å²) in [6.45, 7) is 3.72. The number of carbonyl (C=O) groups excluding carboxylic acids is 2. The Bertz CT molecular complexity index is 887. The van der Waals surface area contributed by atoms with Gasteiger partial charge in [-0.3, -0.25) is 9.69 Å². The minimum absolute atomic E-state index is 0.0188. The maximum Gasteiger partial charge on any atom is 0.429 e. The van der Waals surface area contributed by atoms with Crippen molar-refractivity contribution in [3.05, 3.63) is 71.5 Å². The Hall–Kier alpha value is -2.97. The largest absolute Gasteiger partial charge is 0.443 e. The van der Waals surface area contributed by atoms with Gasteiger partial charge in [0, 0.05) is 19.1 Å². The summed E-state index contributed by atoms with van der Waals surface area (Å²) in [5.41, 5.74) is 1.57. The van der Waals surface area contributed by atoms with Gasteiger partial charge in [-0.1, -0.05) is 42.5 Å². The molecule has 2 aliphatic heterocycles. The summed E-state index contributed by atoms with van der Waals surface area (Å²) in [7, 11) is 0. The molecule has 7 nitrogen and oxygen atoms in total. The molecule has 0 aromatic heterocycles. The molecule has 2 aromatic rings. The molecule has 8 heteroatoms. The zero-order valence-electron chi connectivity index (χ0n) is 17.3. The number of carbonyl (C=O) groups is 2. The molecule has 1 atom stereocenters. The standard InChI is InChI=1S/C23H26FN3O4/c24-20-8-6-18(7-9-20)14-22(28)26-15-21(25-10-12-30-13-11-25)16-27(26)23(29)31-17-19-4-2-1-3-5-19/h1-9,21H,10-17H2. The molecule has 0 aliphatic carbocycles. The molecule has 2 heterocycles. The maximum absolute atomic E-state index is 13.2. The predicted octanol–water partition coefficient (Wildman–Crippen LogP) is 2.46. The fraction of sp³-hybridized carbons (Fsp3) is 0.391. The van der Waals surface area contributed by atoms with Gasteiger partial charge in [0.2, 0.25) is 5.91 Å². The Morgan fingerprint density at radius 3 is 2.32 bits per heavy atom. The van der Waals surface area contributed by atoms with Gasteiger partial charge in [-0.2, -0.15) is 0 Å². The second-order valence-corrected chi connectivity index (χ2v) is 7.70. The minimum Gasteiger partial charge on any atom is -0.443 e. The topological polar surface area (TPSA) is 62.3 Å². The molecular formula is C23H26FN3O4. The zero-order chi connectivity index (χ0) is 21.6. The van der Waals surface area contributed by atoms with Crippen LogP contribution in [0.1, 0.15) is 11.1 Å². The van der Waals surface area contributed by atoms with E-state index in [0.29, 0.717) is 31.9 Å². The van der Waals surface area contributed by atoms with Crippen LogP contribution in [0.3, 0.4) is 0 Å². The third kappa shape index (κ3) is 5.39. The highest BCUT2D eigenvalue weighted by molar-refractivity contribution is 5.82. The zero-order valence-corrected chi connectivity index (χ0v) is 17.3. The number of morpholine rings is 1. The van der Waals surface area contributed by atoms with Crippen molar-refractivity contribution in [3.8, 4) is 0 Å². The van der Waals surface area contributed by atoms with E-state index in [0.717, 1.165) is 18.7 Å². The molecule has 0 N–H and O–H groups in total. The molecule has 0 radical (unpaired) electrons. The van der Waals surface area contributed by atoms with Gasteiger partial charge >= 0.3 is 6.09 Å². The smallest absolute Gasteiger partial charge is 0.429 e. The van der Waals surface area contributed by atoms with E-state index in [2.05, 4.69) is 4.90 Å². The highest BCUT2D eigenvalue weighted by Gasteiger charge is 2.40. The van der Waals surface area contributed by atoms with Crippen LogP contribution in [-0.4, -0.2) is 72.4 Å². The number of benzene rings is 2. The Labute approximate surface area is 180 Å². The molecule has 2 aliphatic rings. The Morgan fingerprint density at radius 2 is 1.61 bits per heavy atom. The molecule has 0 saturated carbocycles. The summed E-state index contributed by atoms with van der Waals surface area (Å²) in [6, 6.07) is 15.3. The third-order valence-electron chi connectivity index (χ3n) is 5.59. The molecular weight excluding hydrogens is 401 g/mol. The number of hydrogen-bond donors (Lipinski definition) is 0. The number of nitrogens with zero attached hydrogens (tertiary/aromatic N) is 3. The van der Waals surface area contributed by atoms with Gasteiger partial charge in [0.1, 0.15) is 12.4 Å². The van der Waals surface area contributed by atoms with E-state index in [1.54, 1.807) is 12.1 Å². The summed E-state index contributed by atoms with van der Waals surface area (Å²) < 4.78 is 24.1. The lowest BCUT2D eigenvalue weighted by atomic mass is 10.1. The summed E-state index contributed by atoms with van der Waals surface area (Å²) in [6.07, 6.45) is -0.467. The van der Waals surface area contributed by atoms with Crippen LogP contribution >= 0.6 is 0 Å². The molecule has 2 saturated heterocycles. The quantitative estimate of drug-likeness (QED) is 0.734. The van der Waals surface area contributed by atoms with Crippen molar-refractivity contribution < 1.29 is 23.5 Å². The second kappa shape index (κ2) is 9.89. The van der Waals surface area contributed by atoms with Crippen molar-refractivity contribution >= 4 is 12.0 Å². The number of rotatable bonds is 5. The second-order valence-electron chi connectivity index (χ2n) is 7.70. The van der Waals surface area contributed by atoms with Gasteiger partial charge in [-0.05, 0) is 23.3 Å². The first-order valence-electron chi connectivity index (χ1n) is 10.4. The summed E-state index contributed by atoms with van der Waals surface area (Å²) in [5.74, 6) is -0.574. The summed E-state index contributed by atoms with van der Waals surface area (Å²) in [5, 5.41) is 2.87. The van der Waals surface area contributed by atoms with Crippen LogP contribution in [0.4, 0.5) is 9.18 Å². The van der Waals surface area contributed by atoms with Gasteiger partial charge in [0.05, 0.1) is 32.7 Å². The van der Waals surface area contributed by atoms with Crippen LogP contribution in [0.15, 0.2) is 54.6 Å². The molecule has 2 fully saturated rings. The van der Waals surface area contributed by atoms with Crippen LogP contribution in [-0.2, 0) is 27.3 Å². The molecule has 2 aromatic carbocycles. The molecule has 31 heavy (non-hydrogen) atoms. The molecule has 2 amide bonds. The van der Waals surface area contributed by atoms with E-state index in [1.165, 1.54) is 22.2 Å². The first-order chi connectivity index (χ1) is 15.1. The van der Waals surface area contributed by atoms with Crippen molar-refractivity contribution in [2.24, 2.45) is 0 Å². The normalized spacial score (nSPS) is 19.5. The van der Waals surface area contributed by atoms with Crippen molar-refractivity contribution in [2.75, 3.05) is 39.4 Å². The van der Waals surface area contributed by atoms with Crippen LogP contribution in [0.2, 0.25) is 0 Å². The fourth-order valence-corrected chi connectivity index (χ4v) is 3.90. The highest BCUT2D eigenvalue weighted by atomic mass is 19.1. The number of amides is 2. The van der Waals surface area contributed by atoms with Gasteiger partial charge in [0.25, 0.3) is 0 Å². The maximum atomic E-state index is 13.2. The average Bonchev–Trinajstić information content (AvgIpc) is 3.26. The lowest BCUT2D eigenvalue weighted by Gasteiger charge is -2.31. The molecule has 0 bridgehead atoms. The van der Waals surface area contributed by atoms with E-state index in [-0.39, 0.29) is 30.8 Å². The number of ether oxygens (including phenoxy) is 2. The minimum atomic E-state index is -0.549. The fourth-order valence-electron chi connectivity index (χ4n) is 3.90. The average molecular weight is 427 g/mol. The van der Waals surface area contributed by atoms with E-state index >= 15 is 0 Å². The molecule has 0 spiro atoms. The molecule has 1 unspecified atom stereocenters. The predicted molar refractivity (Wildman–Crippen MR) is 111 cm³/mol. The van der Waals surface area contributed by atoms with Crippen molar-refractivity contribution in [1.82, 2.24) is 14.9 Å². The van der Waals surface area contributed by atoms with Crippen molar-refractivity contribution in [3.63, 3.8) is 0 Å². The Kier molecular flexibility index (Phi) is 6.79. The van der Waals surface area contributed by atoms with Gasteiger partial charge in [-0.15, -0.1) is 0 Å². The number of hydrogen-bond acceptors (Lipinski definition) is 5. The first kappa shape index (κ1) is 21.3. The SMILES string of the molecule is O=C(Cc1ccc(F)cc1)N1CC(N2CCOCC2)CN1C(=O)OCc1ccccc1. The van der Waals surface area contributed by atoms with Gasteiger partial charge in [0.15, 0.2) is 0 Å². The van der Waals surface area contributed by atoms with Crippen LogP contribution in [0, 0.1) is 5.82 Å². The third-order valence-corrected chi connectivity index (χ3v) is 5.59. The van der Waals surface area contributed by atoms with Gasteiger partial charge in [-0.25, -0.2) is 19.2 Å². The summed E-state index contributed by atoms with van der Waals surface area (Å²) >= 11 is 0. The first-order valence-corrected chi connectivity index (χ1v) is 10.4. The number of hydrazine groups is 1. The van der Waals surface area contributed by atoms with Crippen molar-refractivity contribution in [2.45, 2.75) is 19.1 Å². The monoisotopic (exact) mass is 427 g/mol. The van der Waals surface area contributed by atoms with Gasteiger partial charge < -0.3 is 9.47 Å². The Morgan fingerprint density at radius 1 is 0.935 bits per heavy atom. The van der Waals surface area contributed by atoms with E-state index in [4.69, 9.17) is 9.47 Å². The number of halogens is 1. The van der Waals surface area contributed by atoms with E-state index < -0.39 is 6.09 Å². The lowest BCUT2D eigenvalue weighted by Crippen LogP contribution is -2.46. The van der Waals surface area contributed by atoms with Crippen LogP contribution < -0.4 is 0 Å². The Balaban J connectivity index is 1.45. The van der Waals surface area contributed by atoms with Crippen LogP contribution in [0.25, 0.3) is 0 Å². The van der Waals surface area contributed by atoms with Crippen LogP contribution in [0.5, 0.6) is 0 Å². The molecule has 4 rings (SSSR count). The highest BCUT2D eigenvalue weighted by Crippen LogP contribution is 2.20.